The van der Waals surface area contributed by atoms with Crippen LogP contribution in [0.2, 0.25) is 0 Å². The third-order valence-corrected chi connectivity index (χ3v) is 4.18. The first kappa shape index (κ1) is 15.1. The van der Waals surface area contributed by atoms with Crippen LogP contribution in [0.5, 0.6) is 0 Å². The van der Waals surface area contributed by atoms with Crippen molar-refractivity contribution in [3.63, 3.8) is 0 Å². The fourth-order valence-corrected chi connectivity index (χ4v) is 3.02. The summed E-state index contributed by atoms with van der Waals surface area (Å²) in [5.74, 6) is 0. The molecule has 3 heteroatoms. The average molecular weight is 295 g/mol. The number of piperazine rings is 1. The van der Waals surface area contributed by atoms with Crippen LogP contribution in [0, 0.1) is 0 Å². The normalized spacial score (nSPS) is 19.0. The van der Waals surface area contributed by atoms with Gasteiger partial charge in [-0.1, -0.05) is 48.5 Å². The van der Waals surface area contributed by atoms with Crippen molar-refractivity contribution >= 4 is 5.69 Å². The molecule has 0 aromatic heterocycles. The SMILES string of the molecule is c1ccc(CN2CCN[C@H](CCNc3ccccc3)C2)cc1. The standard InChI is InChI=1S/C19H25N3/c1-3-7-17(8-4-1)15-22-14-13-21-19(16-22)11-12-20-18-9-5-2-6-10-18/h1-10,19-21H,11-16H2/t19-/m1/s1. The summed E-state index contributed by atoms with van der Waals surface area (Å²) in [6.45, 7) is 5.43. The molecule has 1 atom stereocenters. The summed E-state index contributed by atoms with van der Waals surface area (Å²) < 4.78 is 0. The van der Waals surface area contributed by atoms with E-state index in [1.54, 1.807) is 0 Å². The van der Waals surface area contributed by atoms with Crippen LogP contribution < -0.4 is 10.6 Å². The second kappa shape index (κ2) is 7.97. The molecule has 0 bridgehead atoms. The highest BCUT2D eigenvalue weighted by atomic mass is 15.2. The zero-order chi connectivity index (χ0) is 15.0. The summed E-state index contributed by atoms with van der Waals surface area (Å²) in [7, 11) is 0. The van der Waals surface area contributed by atoms with Gasteiger partial charge in [-0.3, -0.25) is 4.90 Å². The Balaban J connectivity index is 1.42. The van der Waals surface area contributed by atoms with Crippen LogP contribution in [-0.4, -0.2) is 37.1 Å². The van der Waals surface area contributed by atoms with Crippen LogP contribution in [0.1, 0.15) is 12.0 Å². The Kier molecular flexibility index (Phi) is 5.46. The number of nitrogens with zero attached hydrogens (tertiary/aromatic N) is 1. The van der Waals surface area contributed by atoms with Gasteiger partial charge in [-0.25, -0.2) is 0 Å². The third-order valence-electron chi connectivity index (χ3n) is 4.18. The van der Waals surface area contributed by atoms with Gasteiger partial charge in [-0.05, 0) is 24.1 Å². The van der Waals surface area contributed by atoms with Crippen molar-refractivity contribution in [1.82, 2.24) is 10.2 Å². The molecule has 116 valence electrons. The van der Waals surface area contributed by atoms with E-state index in [9.17, 15) is 0 Å². The van der Waals surface area contributed by atoms with E-state index >= 15 is 0 Å². The van der Waals surface area contributed by atoms with Crippen molar-refractivity contribution in [2.45, 2.75) is 19.0 Å². The van der Waals surface area contributed by atoms with Gasteiger partial charge in [-0.15, -0.1) is 0 Å². The first-order valence-electron chi connectivity index (χ1n) is 8.19. The molecule has 1 heterocycles. The third kappa shape index (κ3) is 4.58. The molecule has 1 saturated heterocycles. The lowest BCUT2D eigenvalue weighted by Gasteiger charge is -2.34. The Bertz CT molecular complexity index is 541. The maximum Gasteiger partial charge on any atom is 0.0340 e. The smallest absolute Gasteiger partial charge is 0.0340 e. The molecule has 22 heavy (non-hydrogen) atoms. The molecule has 1 aliphatic rings. The first-order valence-corrected chi connectivity index (χ1v) is 8.19. The summed E-state index contributed by atoms with van der Waals surface area (Å²) in [5.41, 5.74) is 2.62. The van der Waals surface area contributed by atoms with E-state index in [-0.39, 0.29) is 0 Å². The van der Waals surface area contributed by atoms with Gasteiger partial charge in [0.2, 0.25) is 0 Å². The van der Waals surface area contributed by atoms with Crippen molar-refractivity contribution in [2.75, 3.05) is 31.5 Å². The highest BCUT2D eigenvalue weighted by molar-refractivity contribution is 5.42. The second-order valence-corrected chi connectivity index (χ2v) is 5.95. The van der Waals surface area contributed by atoms with E-state index in [1.165, 1.54) is 11.3 Å². The van der Waals surface area contributed by atoms with E-state index in [2.05, 4.69) is 76.2 Å². The number of rotatable bonds is 6. The molecule has 0 amide bonds. The van der Waals surface area contributed by atoms with E-state index in [0.29, 0.717) is 6.04 Å². The lowest BCUT2D eigenvalue weighted by molar-refractivity contribution is 0.189. The molecule has 0 aliphatic carbocycles. The molecule has 3 rings (SSSR count). The van der Waals surface area contributed by atoms with Gasteiger partial charge < -0.3 is 10.6 Å². The zero-order valence-electron chi connectivity index (χ0n) is 13.0. The average Bonchev–Trinajstić information content (AvgIpc) is 2.57. The Hall–Kier alpha value is -1.84. The Labute approximate surface area is 133 Å². The van der Waals surface area contributed by atoms with Gasteiger partial charge in [0.25, 0.3) is 0 Å². The van der Waals surface area contributed by atoms with Crippen LogP contribution in [0.25, 0.3) is 0 Å². The largest absolute Gasteiger partial charge is 0.385 e. The summed E-state index contributed by atoms with van der Waals surface area (Å²) in [6.07, 6.45) is 1.15. The van der Waals surface area contributed by atoms with Crippen molar-refractivity contribution < 1.29 is 0 Å². The molecule has 1 aliphatic heterocycles. The van der Waals surface area contributed by atoms with E-state index in [4.69, 9.17) is 0 Å². The second-order valence-electron chi connectivity index (χ2n) is 5.95. The Morgan fingerprint density at radius 1 is 1.00 bits per heavy atom. The molecule has 2 aromatic rings. The fraction of sp³-hybridized carbons (Fsp3) is 0.368. The molecule has 0 saturated carbocycles. The monoisotopic (exact) mass is 295 g/mol. The molecule has 0 radical (unpaired) electrons. The molecule has 2 aromatic carbocycles. The molecule has 3 nitrogen and oxygen atoms in total. The van der Waals surface area contributed by atoms with Crippen LogP contribution in [0.3, 0.4) is 0 Å². The summed E-state index contributed by atoms with van der Waals surface area (Å²) >= 11 is 0. The first-order chi connectivity index (χ1) is 10.9. The van der Waals surface area contributed by atoms with Crippen molar-refractivity contribution in [3.8, 4) is 0 Å². The van der Waals surface area contributed by atoms with Gasteiger partial charge in [0.05, 0.1) is 0 Å². The Morgan fingerprint density at radius 3 is 2.50 bits per heavy atom. The number of benzene rings is 2. The molecule has 0 unspecified atom stereocenters. The molecule has 2 N–H and O–H groups in total. The van der Waals surface area contributed by atoms with Gasteiger partial charge >= 0.3 is 0 Å². The Morgan fingerprint density at radius 2 is 1.73 bits per heavy atom. The van der Waals surface area contributed by atoms with Crippen LogP contribution in [-0.2, 0) is 6.54 Å². The number of para-hydroxylation sites is 1. The number of nitrogens with one attached hydrogen (secondary N) is 2. The minimum Gasteiger partial charge on any atom is -0.385 e. The maximum absolute atomic E-state index is 3.64. The van der Waals surface area contributed by atoms with E-state index in [0.717, 1.165) is 39.1 Å². The van der Waals surface area contributed by atoms with E-state index in [1.807, 2.05) is 0 Å². The summed E-state index contributed by atoms with van der Waals surface area (Å²) in [6, 6.07) is 21.8. The van der Waals surface area contributed by atoms with Crippen LogP contribution in [0.15, 0.2) is 60.7 Å². The molecule has 1 fully saturated rings. The lowest BCUT2D eigenvalue weighted by Crippen LogP contribution is -2.50. The topological polar surface area (TPSA) is 27.3 Å². The van der Waals surface area contributed by atoms with Gasteiger partial charge in [0, 0.05) is 44.5 Å². The zero-order valence-corrected chi connectivity index (χ0v) is 13.0. The highest BCUT2D eigenvalue weighted by Crippen LogP contribution is 2.10. The minimum absolute atomic E-state index is 0.577. The predicted molar refractivity (Wildman–Crippen MR) is 93.1 cm³/mol. The maximum atomic E-state index is 3.64. The number of anilines is 1. The van der Waals surface area contributed by atoms with Crippen LogP contribution >= 0.6 is 0 Å². The van der Waals surface area contributed by atoms with Gasteiger partial charge in [-0.2, -0.15) is 0 Å². The quantitative estimate of drug-likeness (QED) is 0.858. The van der Waals surface area contributed by atoms with E-state index < -0.39 is 0 Å². The summed E-state index contributed by atoms with van der Waals surface area (Å²) in [5, 5.41) is 7.14. The highest BCUT2D eigenvalue weighted by Gasteiger charge is 2.18. The van der Waals surface area contributed by atoms with Gasteiger partial charge in [0.1, 0.15) is 0 Å². The lowest BCUT2D eigenvalue weighted by atomic mass is 10.1. The minimum atomic E-state index is 0.577. The molecular weight excluding hydrogens is 270 g/mol. The predicted octanol–water partition coefficient (Wildman–Crippen LogP) is 2.96. The van der Waals surface area contributed by atoms with Gasteiger partial charge in [0.15, 0.2) is 0 Å². The van der Waals surface area contributed by atoms with Crippen LogP contribution in [0.4, 0.5) is 5.69 Å². The molecule has 0 spiro atoms. The van der Waals surface area contributed by atoms with Crippen molar-refractivity contribution in [3.05, 3.63) is 66.2 Å². The molecular formula is C19H25N3. The van der Waals surface area contributed by atoms with Crippen molar-refractivity contribution in [2.24, 2.45) is 0 Å². The fourth-order valence-electron chi connectivity index (χ4n) is 3.02. The summed E-state index contributed by atoms with van der Waals surface area (Å²) in [4.78, 5) is 2.55. The van der Waals surface area contributed by atoms with Crippen molar-refractivity contribution in [1.29, 1.82) is 0 Å². The number of hydrogen-bond donors (Lipinski definition) is 2. The number of hydrogen-bond acceptors (Lipinski definition) is 3.